The van der Waals surface area contributed by atoms with Gasteiger partial charge >= 0.3 is 0 Å². The minimum absolute atomic E-state index is 0.172. The quantitative estimate of drug-likeness (QED) is 0.284. The fourth-order valence-corrected chi connectivity index (χ4v) is 4.07. The Labute approximate surface area is 344 Å². The first kappa shape index (κ1) is 63.8. The highest BCUT2D eigenvalue weighted by Gasteiger charge is 2.12. The van der Waals surface area contributed by atoms with Gasteiger partial charge in [-0.1, -0.05) is 245 Å². The minimum atomic E-state index is 0.172. The predicted molar refractivity (Wildman–Crippen MR) is 255 cm³/mol. The van der Waals surface area contributed by atoms with Crippen LogP contribution < -0.4 is 0 Å². The monoisotopic (exact) mass is 755 g/mol. The second-order valence-corrected chi connectivity index (χ2v) is 21.4. The smallest absolute Gasteiger partial charge is 0.130 e. The zero-order chi connectivity index (χ0) is 44.6. The van der Waals surface area contributed by atoms with E-state index in [1.807, 2.05) is 27.7 Å². The molecule has 0 aromatic heterocycles. The first-order chi connectivity index (χ1) is 24.1. The highest BCUT2D eigenvalue weighted by Crippen LogP contribution is 2.23. The van der Waals surface area contributed by atoms with Crippen LogP contribution in [0.5, 0.6) is 0 Å². The van der Waals surface area contributed by atoms with Gasteiger partial charge in [-0.2, -0.15) is 0 Å². The lowest BCUT2D eigenvalue weighted by atomic mass is 9.88. The van der Waals surface area contributed by atoms with Gasteiger partial charge in [-0.15, -0.1) is 6.58 Å². The Morgan fingerprint density at radius 3 is 0.741 bits per heavy atom. The highest BCUT2D eigenvalue weighted by molar-refractivity contribution is 5.76. The Hall–Kier alpha value is -2.15. The fourth-order valence-electron chi connectivity index (χ4n) is 4.07. The Morgan fingerprint density at radius 2 is 0.648 bits per heavy atom. The van der Waals surface area contributed by atoms with Crippen LogP contribution in [0.1, 0.15) is 217 Å². The molecule has 1 nitrogen and oxygen atoms in total. The maximum atomic E-state index is 10.5. The molecule has 0 aliphatic carbocycles. The topological polar surface area (TPSA) is 17.1 Å². The van der Waals surface area contributed by atoms with Gasteiger partial charge in [0.2, 0.25) is 0 Å². The Bertz CT molecular complexity index is 986. The van der Waals surface area contributed by atoms with E-state index >= 15 is 0 Å². The molecule has 0 saturated heterocycles. The van der Waals surface area contributed by atoms with Crippen LogP contribution in [0.15, 0.2) is 72.8 Å². The number of hydrogen-bond acceptors (Lipinski definition) is 1. The van der Waals surface area contributed by atoms with Gasteiger partial charge in [0, 0.05) is 6.42 Å². The molecule has 0 saturated carbocycles. The van der Waals surface area contributed by atoms with Crippen LogP contribution in [0, 0.1) is 32.5 Å². The zero-order valence-corrected chi connectivity index (χ0v) is 42.1. The van der Waals surface area contributed by atoms with Crippen LogP contribution in [-0.2, 0) is 17.6 Å². The summed E-state index contributed by atoms with van der Waals surface area (Å²) in [4.78, 5) is 10.5. The van der Waals surface area contributed by atoms with Crippen molar-refractivity contribution in [1.82, 2.24) is 0 Å². The molecule has 0 atom stereocenters. The Kier molecular flexibility index (Phi) is 39.0. The molecule has 54 heavy (non-hydrogen) atoms. The number of benzene rings is 2. The van der Waals surface area contributed by atoms with Crippen molar-refractivity contribution in [3.63, 3.8) is 0 Å². The third kappa shape index (κ3) is 74.9. The van der Waals surface area contributed by atoms with Crippen molar-refractivity contribution >= 4 is 5.78 Å². The molecule has 320 valence electrons. The molecule has 0 radical (unpaired) electrons. The van der Waals surface area contributed by atoms with Crippen molar-refractivity contribution in [2.24, 2.45) is 32.5 Å². The van der Waals surface area contributed by atoms with E-state index in [4.69, 9.17) is 0 Å². The maximum Gasteiger partial charge on any atom is 0.130 e. The Balaban J connectivity index is -0.000000128. The van der Waals surface area contributed by atoms with E-state index in [1.165, 1.54) is 29.5 Å². The molecule has 0 spiro atoms. The molecule has 0 unspecified atom stereocenters. The first-order valence-electron chi connectivity index (χ1n) is 21.3. The SMILES string of the molecule is C=C(C)CC(C)(C)C.CC.CC.CC(=O)CC(C)(C)C.CC(C)(C)Cc1ccccc1.CC(C)(C)Cc1ccccc1.CCC(C)(C)C.CCC(C)(C)C. The van der Waals surface area contributed by atoms with Crippen LogP contribution in [0.3, 0.4) is 0 Å². The average Bonchev–Trinajstić information content (AvgIpc) is 2.97. The van der Waals surface area contributed by atoms with Gasteiger partial charge in [-0.05, 0) is 76.7 Å². The second-order valence-electron chi connectivity index (χ2n) is 21.4. The van der Waals surface area contributed by atoms with Crippen LogP contribution in [0.25, 0.3) is 0 Å². The molecule has 0 heterocycles. The second kappa shape index (κ2) is 33.0. The third-order valence-corrected chi connectivity index (χ3v) is 6.89. The summed E-state index contributed by atoms with van der Waals surface area (Å²) in [5.74, 6) is 0.275. The number of Topliss-reactive ketones (excluding diaryl/α,β-unsaturated/α-hetero) is 1. The number of carbonyl (C=O) groups excluding carboxylic acids is 1. The molecule has 2 rings (SSSR count). The Morgan fingerprint density at radius 1 is 0.426 bits per heavy atom. The first-order valence-corrected chi connectivity index (χ1v) is 21.3. The normalized spacial score (nSPS) is 11.0. The third-order valence-electron chi connectivity index (χ3n) is 6.89. The van der Waals surface area contributed by atoms with Crippen molar-refractivity contribution in [2.45, 2.75) is 219 Å². The number of ketones is 1. The highest BCUT2D eigenvalue weighted by atomic mass is 16.1. The predicted octanol–water partition coefficient (Wildman–Crippen LogP) is 18.5. The maximum absolute atomic E-state index is 10.5. The summed E-state index contributed by atoms with van der Waals surface area (Å²) in [5.41, 5.74) is 6.62. The summed E-state index contributed by atoms with van der Waals surface area (Å²) in [6.45, 7) is 59.9. The number of rotatable bonds is 4. The van der Waals surface area contributed by atoms with E-state index in [0.29, 0.717) is 33.5 Å². The summed E-state index contributed by atoms with van der Waals surface area (Å²) in [7, 11) is 0. The lowest BCUT2D eigenvalue weighted by Gasteiger charge is -2.17. The van der Waals surface area contributed by atoms with Gasteiger partial charge in [0.05, 0.1) is 0 Å². The fraction of sp³-hybridized carbons (Fsp3) is 0.717. The zero-order valence-electron chi connectivity index (χ0n) is 42.1. The van der Waals surface area contributed by atoms with Gasteiger partial charge in [-0.3, -0.25) is 0 Å². The van der Waals surface area contributed by atoms with Crippen LogP contribution in [0.2, 0.25) is 0 Å². The van der Waals surface area contributed by atoms with Crippen molar-refractivity contribution < 1.29 is 4.79 Å². The standard InChI is InChI=1S/2C11H16.C8H16.C7H14O.2C6H14.2C2H6/c2*1-11(2,3)9-10-7-5-4-6-8-10;1-7(2)6-8(3,4)5;1-6(8)5-7(2,3)4;2*1-5-6(2,3)4;2*1-2/h2*4-8H,9H2,1-3H3;1,6H2,2-5H3;5H2,1-4H3;2*5H2,1-4H3;2*1-2H3. The molecule has 2 aromatic carbocycles. The van der Waals surface area contributed by atoms with E-state index in [-0.39, 0.29) is 11.2 Å². The van der Waals surface area contributed by atoms with Gasteiger partial charge in [0.1, 0.15) is 5.78 Å². The van der Waals surface area contributed by atoms with E-state index in [2.05, 4.69) is 213 Å². The molecule has 0 aliphatic heterocycles. The van der Waals surface area contributed by atoms with Crippen LogP contribution in [-0.4, -0.2) is 5.78 Å². The van der Waals surface area contributed by atoms with Gasteiger partial charge in [-0.25, -0.2) is 0 Å². The van der Waals surface area contributed by atoms with E-state index in [1.54, 1.807) is 6.92 Å². The summed E-state index contributed by atoms with van der Waals surface area (Å²) in [5, 5.41) is 0. The van der Waals surface area contributed by atoms with Crippen LogP contribution >= 0.6 is 0 Å². The average molecular weight is 755 g/mol. The summed E-state index contributed by atoms with van der Waals surface area (Å²) >= 11 is 0. The molecule has 0 bridgehead atoms. The molecular weight excluding hydrogens is 653 g/mol. The van der Waals surface area contributed by atoms with Gasteiger partial charge < -0.3 is 4.79 Å². The van der Waals surface area contributed by atoms with Crippen molar-refractivity contribution in [3.05, 3.63) is 83.9 Å². The molecule has 1 heteroatoms. The van der Waals surface area contributed by atoms with Crippen molar-refractivity contribution in [1.29, 1.82) is 0 Å². The lowest BCUT2D eigenvalue weighted by Crippen LogP contribution is -2.09. The van der Waals surface area contributed by atoms with E-state index < -0.39 is 0 Å². The minimum Gasteiger partial charge on any atom is -0.300 e. The van der Waals surface area contributed by atoms with Crippen molar-refractivity contribution in [3.8, 4) is 0 Å². The molecule has 0 N–H and O–H groups in total. The molecular formula is C53H102O. The summed E-state index contributed by atoms with van der Waals surface area (Å²) in [6.07, 6.45) is 6.68. The van der Waals surface area contributed by atoms with Crippen molar-refractivity contribution in [2.75, 3.05) is 0 Å². The number of allylic oxidation sites excluding steroid dienone is 1. The summed E-state index contributed by atoms with van der Waals surface area (Å²) < 4.78 is 0. The molecule has 0 fully saturated rings. The van der Waals surface area contributed by atoms with E-state index in [9.17, 15) is 4.79 Å². The summed E-state index contributed by atoms with van der Waals surface area (Å²) in [6, 6.07) is 21.3. The molecule has 2 aromatic rings. The van der Waals surface area contributed by atoms with Gasteiger partial charge in [0.15, 0.2) is 0 Å². The lowest BCUT2D eigenvalue weighted by molar-refractivity contribution is -0.118. The number of hydrogen-bond donors (Lipinski definition) is 0. The largest absolute Gasteiger partial charge is 0.300 e. The van der Waals surface area contributed by atoms with E-state index in [0.717, 1.165) is 19.3 Å². The molecule has 0 aliphatic rings. The number of carbonyl (C=O) groups is 1. The van der Waals surface area contributed by atoms with Crippen LogP contribution in [0.4, 0.5) is 0 Å². The van der Waals surface area contributed by atoms with Gasteiger partial charge in [0.25, 0.3) is 0 Å². The molecule has 0 amide bonds.